The first-order valence-corrected chi connectivity index (χ1v) is 11.9. The number of sulfone groups is 1. The zero-order valence-electron chi connectivity index (χ0n) is 16.1. The molecule has 2 saturated carbocycles. The van der Waals surface area contributed by atoms with Gasteiger partial charge in [0.2, 0.25) is 0 Å². The minimum absolute atomic E-state index is 0.0290. The van der Waals surface area contributed by atoms with Crippen LogP contribution >= 0.6 is 11.6 Å². The molecular formula is C21H20ClN3O4S. The highest BCUT2D eigenvalue weighted by atomic mass is 35.5. The Hall–Kier alpha value is -2.42. The second-order valence-corrected chi connectivity index (χ2v) is 10.8. The van der Waals surface area contributed by atoms with Crippen LogP contribution in [0.3, 0.4) is 0 Å². The number of carbonyl (C=O) groups is 1. The van der Waals surface area contributed by atoms with Crippen molar-refractivity contribution >= 4 is 38.2 Å². The van der Waals surface area contributed by atoms with Crippen LogP contribution in [0, 0.1) is 11.8 Å². The number of hydrogen-bond donors (Lipinski definition) is 3. The Morgan fingerprint density at radius 1 is 1.27 bits per heavy atom. The number of halogens is 1. The fourth-order valence-corrected chi connectivity index (χ4v) is 5.69. The summed E-state index contributed by atoms with van der Waals surface area (Å²) >= 11 is 6.22. The third kappa shape index (κ3) is 3.19. The quantitative estimate of drug-likeness (QED) is 0.571. The molecule has 2 aliphatic rings. The van der Waals surface area contributed by atoms with Gasteiger partial charge in [-0.05, 0) is 60.6 Å². The molecule has 4 atom stereocenters. The smallest absolute Gasteiger partial charge is 0.251 e. The predicted octanol–water partition coefficient (Wildman–Crippen LogP) is 2.65. The van der Waals surface area contributed by atoms with E-state index in [4.69, 9.17) is 11.6 Å². The molecule has 0 radical (unpaired) electrons. The maximum Gasteiger partial charge on any atom is 0.251 e. The van der Waals surface area contributed by atoms with Crippen molar-refractivity contribution in [2.45, 2.75) is 29.4 Å². The van der Waals surface area contributed by atoms with Crippen LogP contribution in [0.25, 0.3) is 10.9 Å². The molecule has 1 aromatic heterocycles. The molecular weight excluding hydrogens is 426 g/mol. The lowest BCUT2D eigenvalue weighted by Gasteiger charge is -2.27. The Balaban J connectivity index is 1.31. The molecule has 2 unspecified atom stereocenters. The lowest BCUT2D eigenvalue weighted by molar-refractivity contribution is 0.0293. The fourth-order valence-electron chi connectivity index (χ4n) is 4.80. The number of fused-ring (bicyclic) bond motifs is 2. The van der Waals surface area contributed by atoms with Crippen LogP contribution in [-0.4, -0.2) is 41.9 Å². The zero-order valence-corrected chi connectivity index (χ0v) is 17.7. The number of benzene rings is 2. The molecule has 0 aliphatic heterocycles. The predicted molar refractivity (Wildman–Crippen MR) is 112 cm³/mol. The van der Waals surface area contributed by atoms with Gasteiger partial charge in [-0.1, -0.05) is 17.7 Å². The number of aliphatic hydroxyl groups is 1. The second-order valence-electron chi connectivity index (χ2n) is 8.35. The molecule has 5 rings (SSSR count). The molecule has 0 spiro atoms. The van der Waals surface area contributed by atoms with Crippen LogP contribution in [0.5, 0.6) is 0 Å². The van der Waals surface area contributed by atoms with Crippen molar-refractivity contribution in [2.75, 3.05) is 6.26 Å². The molecule has 1 amide bonds. The highest BCUT2D eigenvalue weighted by molar-refractivity contribution is 7.90. The number of amides is 1. The van der Waals surface area contributed by atoms with Gasteiger partial charge in [0.05, 0.1) is 22.2 Å². The van der Waals surface area contributed by atoms with E-state index in [1.165, 1.54) is 12.1 Å². The number of hydrogen-bond acceptors (Lipinski definition) is 5. The minimum Gasteiger partial charge on any atom is -0.385 e. The third-order valence-corrected chi connectivity index (χ3v) is 7.65. The lowest BCUT2D eigenvalue weighted by atomic mass is 9.86. The van der Waals surface area contributed by atoms with E-state index in [9.17, 15) is 18.3 Å². The summed E-state index contributed by atoms with van der Waals surface area (Å²) in [6.45, 7) is 0. The number of H-pyrrole nitrogens is 1. The van der Waals surface area contributed by atoms with E-state index >= 15 is 0 Å². The third-order valence-electron chi connectivity index (χ3n) is 6.33. The first-order chi connectivity index (χ1) is 14.2. The molecule has 1 heterocycles. The molecule has 156 valence electrons. The Morgan fingerprint density at radius 3 is 2.70 bits per heavy atom. The van der Waals surface area contributed by atoms with Gasteiger partial charge in [-0.15, -0.1) is 0 Å². The molecule has 2 fully saturated rings. The van der Waals surface area contributed by atoms with Gasteiger partial charge < -0.3 is 10.4 Å². The monoisotopic (exact) mass is 445 g/mol. The van der Waals surface area contributed by atoms with Crippen molar-refractivity contribution < 1.29 is 18.3 Å². The number of aromatic nitrogens is 2. The van der Waals surface area contributed by atoms with Gasteiger partial charge in [0.1, 0.15) is 0 Å². The highest BCUT2D eigenvalue weighted by Gasteiger charge is 2.62. The van der Waals surface area contributed by atoms with Gasteiger partial charge in [0, 0.05) is 28.3 Å². The fraction of sp³-hybridized carbons (Fsp3) is 0.333. The number of nitrogens with zero attached hydrogens (tertiary/aromatic N) is 1. The Labute approximate surface area is 178 Å². The van der Waals surface area contributed by atoms with Gasteiger partial charge in [-0.3, -0.25) is 9.89 Å². The second kappa shape index (κ2) is 6.54. The van der Waals surface area contributed by atoms with Crippen molar-refractivity contribution in [3.8, 4) is 0 Å². The van der Waals surface area contributed by atoms with Crippen LogP contribution in [0.4, 0.5) is 0 Å². The highest BCUT2D eigenvalue weighted by Crippen LogP contribution is 2.60. The Bertz CT molecular complexity index is 1270. The molecule has 0 bridgehead atoms. The summed E-state index contributed by atoms with van der Waals surface area (Å²) in [5.74, 6) is 0.0272. The van der Waals surface area contributed by atoms with Crippen LogP contribution in [-0.2, 0) is 15.4 Å². The molecule has 2 aliphatic carbocycles. The van der Waals surface area contributed by atoms with E-state index in [0.29, 0.717) is 23.4 Å². The molecule has 9 heteroatoms. The van der Waals surface area contributed by atoms with Crippen LogP contribution < -0.4 is 5.32 Å². The molecule has 2 aromatic carbocycles. The van der Waals surface area contributed by atoms with Gasteiger partial charge >= 0.3 is 0 Å². The lowest BCUT2D eigenvalue weighted by Crippen LogP contribution is -2.33. The van der Waals surface area contributed by atoms with Gasteiger partial charge in [-0.2, -0.15) is 5.10 Å². The standard InChI is InChI=1S/C21H20ClN3O4S/c1-30(28,29)13-4-2-3-11(5-13)20(26)24-19-14-8-21(27,9-15(14)19)17-6-12(22)7-18-16(17)10-23-25-18/h2-7,10,14-15,19,27H,8-9H2,1H3,(H,23,25)(H,24,26)/t14-,15+,19?,21?. The number of carbonyl (C=O) groups excluding carboxylic acids is 1. The maximum absolute atomic E-state index is 12.6. The average molecular weight is 446 g/mol. The van der Waals surface area contributed by atoms with E-state index in [-0.39, 0.29) is 28.7 Å². The Morgan fingerprint density at radius 2 is 2.00 bits per heavy atom. The van der Waals surface area contributed by atoms with Crippen molar-refractivity contribution in [1.82, 2.24) is 15.5 Å². The number of nitrogens with one attached hydrogen (secondary N) is 2. The van der Waals surface area contributed by atoms with Crippen LogP contribution in [0.15, 0.2) is 47.5 Å². The summed E-state index contributed by atoms with van der Waals surface area (Å²) in [5.41, 5.74) is 0.840. The van der Waals surface area contributed by atoms with Gasteiger partial charge in [0.25, 0.3) is 5.91 Å². The topological polar surface area (TPSA) is 112 Å². The van der Waals surface area contributed by atoms with E-state index in [1.54, 1.807) is 30.5 Å². The Kier molecular flexibility index (Phi) is 4.26. The summed E-state index contributed by atoms with van der Waals surface area (Å²) in [7, 11) is -3.38. The summed E-state index contributed by atoms with van der Waals surface area (Å²) in [4.78, 5) is 12.7. The number of rotatable bonds is 4. The van der Waals surface area contributed by atoms with Crippen LogP contribution in [0.1, 0.15) is 28.8 Å². The van der Waals surface area contributed by atoms with Gasteiger partial charge in [-0.25, -0.2) is 8.42 Å². The first kappa shape index (κ1) is 19.5. The molecule has 30 heavy (non-hydrogen) atoms. The summed E-state index contributed by atoms with van der Waals surface area (Å²) in [6.07, 6.45) is 3.85. The number of aromatic amines is 1. The van der Waals surface area contributed by atoms with Gasteiger partial charge in [0.15, 0.2) is 9.84 Å². The van der Waals surface area contributed by atoms with E-state index in [0.717, 1.165) is 22.7 Å². The maximum atomic E-state index is 12.6. The average Bonchev–Trinajstić information content (AvgIpc) is 3.03. The van der Waals surface area contributed by atoms with Crippen molar-refractivity contribution in [1.29, 1.82) is 0 Å². The van der Waals surface area contributed by atoms with E-state index in [1.807, 2.05) is 0 Å². The van der Waals surface area contributed by atoms with E-state index < -0.39 is 15.4 Å². The summed E-state index contributed by atoms with van der Waals surface area (Å²) in [6, 6.07) is 9.56. The summed E-state index contributed by atoms with van der Waals surface area (Å²) in [5, 5.41) is 22.6. The summed E-state index contributed by atoms with van der Waals surface area (Å²) < 4.78 is 23.5. The minimum atomic E-state index is -3.38. The van der Waals surface area contributed by atoms with Crippen LogP contribution in [0.2, 0.25) is 5.02 Å². The molecule has 3 aromatic rings. The van der Waals surface area contributed by atoms with Crippen molar-refractivity contribution in [3.63, 3.8) is 0 Å². The molecule has 7 nitrogen and oxygen atoms in total. The molecule has 3 N–H and O–H groups in total. The molecule has 0 saturated heterocycles. The first-order valence-electron chi connectivity index (χ1n) is 9.62. The van der Waals surface area contributed by atoms with Crippen molar-refractivity contribution in [3.05, 3.63) is 58.7 Å². The van der Waals surface area contributed by atoms with E-state index in [2.05, 4.69) is 15.5 Å². The normalized spacial score (nSPS) is 27.8. The zero-order chi connectivity index (χ0) is 21.3. The SMILES string of the molecule is CS(=O)(=O)c1cccc(C(=O)NC2[C@H]3CC(O)(c4cc(Cl)cc5[nH]ncc45)C[C@@H]23)c1. The van der Waals surface area contributed by atoms with Crippen molar-refractivity contribution in [2.24, 2.45) is 11.8 Å². The largest absolute Gasteiger partial charge is 0.385 e.